The van der Waals surface area contributed by atoms with Crippen molar-refractivity contribution >= 4 is 38.0 Å². The monoisotopic (exact) mass is 378 g/mol. The van der Waals surface area contributed by atoms with Gasteiger partial charge in [0.15, 0.2) is 5.82 Å². The van der Waals surface area contributed by atoms with Crippen molar-refractivity contribution in [3.05, 3.63) is 38.9 Å². The summed E-state index contributed by atoms with van der Waals surface area (Å²) < 4.78 is 6.61. The first kappa shape index (κ1) is 14.9. The predicted octanol–water partition coefficient (Wildman–Crippen LogP) is -0.655. The number of furan rings is 1. The topological polar surface area (TPSA) is 67.8 Å². The minimum Gasteiger partial charge on any atom is -0.449 e. The standard InChI is InChI=1S/C16H17BrN4O2/c1-20-4-6-21(7-5-20)9-13-18-14-11-8-10(17)2-3-12(11)23-15(14)16(22)19-13/h2-3,8H,4-7,9H2,1H3,(H,18,19,22)/p+2. The number of piperazine rings is 1. The Morgan fingerprint density at radius 3 is 2.87 bits per heavy atom. The Kier molecular flexibility index (Phi) is 3.71. The summed E-state index contributed by atoms with van der Waals surface area (Å²) in [6.45, 7) is 5.27. The molecule has 23 heavy (non-hydrogen) atoms. The van der Waals surface area contributed by atoms with Crippen molar-refractivity contribution in [1.29, 1.82) is 0 Å². The van der Waals surface area contributed by atoms with Crippen LogP contribution in [0.1, 0.15) is 5.82 Å². The number of nitrogens with one attached hydrogen (secondary N) is 3. The first-order valence-corrected chi connectivity index (χ1v) is 8.65. The van der Waals surface area contributed by atoms with E-state index in [1.54, 1.807) is 4.90 Å². The van der Waals surface area contributed by atoms with Crippen molar-refractivity contribution in [2.75, 3.05) is 33.2 Å². The van der Waals surface area contributed by atoms with Crippen molar-refractivity contribution in [2.24, 2.45) is 0 Å². The Hall–Kier alpha value is -1.70. The lowest BCUT2D eigenvalue weighted by molar-refractivity contribution is -1.01. The Bertz CT molecular complexity index is 925. The molecule has 0 bridgehead atoms. The molecule has 1 aliphatic rings. The van der Waals surface area contributed by atoms with E-state index in [9.17, 15) is 4.79 Å². The fraction of sp³-hybridized carbons (Fsp3) is 0.375. The number of benzene rings is 1. The van der Waals surface area contributed by atoms with Crippen molar-refractivity contribution in [3.8, 4) is 0 Å². The first-order chi connectivity index (χ1) is 11.1. The van der Waals surface area contributed by atoms with Gasteiger partial charge in [-0.1, -0.05) is 15.9 Å². The smallest absolute Gasteiger partial charge is 0.294 e. The van der Waals surface area contributed by atoms with Gasteiger partial charge < -0.3 is 19.2 Å². The zero-order chi connectivity index (χ0) is 16.0. The van der Waals surface area contributed by atoms with Crippen LogP contribution in [0.25, 0.3) is 22.1 Å². The van der Waals surface area contributed by atoms with Crippen LogP contribution in [0.5, 0.6) is 0 Å². The maximum Gasteiger partial charge on any atom is 0.294 e. The maximum absolute atomic E-state index is 12.3. The van der Waals surface area contributed by atoms with Crippen LogP contribution in [0, 0.1) is 0 Å². The number of aromatic amines is 1. The van der Waals surface area contributed by atoms with Gasteiger partial charge in [-0.3, -0.25) is 4.79 Å². The molecule has 0 unspecified atom stereocenters. The van der Waals surface area contributed by atoms with Crippen LogP contribution in [0.4, 0.5) is 0 Å². The van der Waals surface area contributed by atoms with E-state index < -0.39 is 0 Å². The van der Waals surface area contributed by atoms with Crippen LogP contribution in [-0.4, -0.2) is 43.2 Å². The molecule has 0 spiro atoms. The van der Waals surface area contributed by atoms with Gasteiger partial charge in [0.1, 0.15) is 43.8 Å². The van der Waals surface area contributed by atoms with Crippen LogP contribution >= 0.6 is 15.9 Å². The molecule has 0 saturated carbocycles. The van der Waals surface area contributed by atoms with Crippen LogP contribution in [0.3, 0.4) is 0 Å². The minimum absolute atomic E-state index is 0.198. The van der Waals surface area contributed by atoms with Gasteiger partial charge in [-0.25, -0.2) is 4.98 Å². The number of rotatable bonds is 2. The third-order valence-electron chi connectivity index (χ3n) is 4.56. The summed E-state index contributed by atoms with van der Waals surface area (Å²) >= 11 is 3.46. The second-order valence-corrected chi connectivity index (χ2v) is 7.23. The van der Waals surface area contributed by atoms with Gasteiger partial charge in [0, 0.05) is 9.86 Å². The third kappa shape index (κ3) is 2.80. The van der Waals surface area contributed by atoms with Gasteiger partial charge in [-0.05, 0) is 18.2 Å². The first-order valence-electron chi connectivity index (χ1n) is 7.86. The number of nitrogens with zero attached hydrogens (tertiary/aromatic N) is 1. The van der Waals surface area contributed by atoms with Crippen LogP contribution in [0.15, 0.2) is 31.9 Å². The second-order valence-electron chi connectivity index (χ2n) is 6.32. The highest BCUT2D eigenvalue weighted by atomic mass is 79.9. The molecule has 0 amide bonds. The molecule has 6 nitrogen and oxygen atoms in total. The lowest BCUT2D eigenvalue weighted by atomic mass is 10.2. The van der Waals surface area contributed by atoms with E-state index in [0.717, 1.165) is 48.4 Å². The molecule has 0 radical (unpaired) electrons. The highest BCUT2D eigenvalue weighted by Crippen LogP contribution is 2.27. The summed E-state index contributed by atoms with van der Waals surface area (Å²) in [4.78, 5) is 22.9. The molecule has 1 aromatic carbocycles. The van der Waals surface area contributed by atoms with Crippen molar-refractivity contribution in [2.45, 2.75) is 6.54 Å². The van der Waals surface area contributed by atoms with E-state index in [-0.39, 0.29) is 5.56 Å². The Morgan fingerprint density at radius 2 is 2.09 bits per heavy atom. The lowest BCUT2D eigenvalue weighted by Crippen LogP contribution is -3.26. The van der Waals surface area contributed by atoms with Crippen molar-refractivity contribution in [3.63, 3.8) is 0 Å². The number of H-pyrrole nitrogens is 1. The van der Waals surface area contributed by atoms with Gasteiger partial charge in [0.2, 0.25) is 5.58 Å². The largest absolute Gasteiger partial charge is 0.449 e. The summed E-state index contributed by atoms with van der Waals surface area (Å²) in [7, 11) is 2.22. The number of aromatic nitrogens is 2. The molecule has 120 valence electrons. The van der Waals surface area contributed by atoms with Gasteiger partial charge in [-0.15, -0.1) is 0 Å². The van der Waals surface area contributed by atoms with Crippen LogP contribution < -0.4 is 15.4 Å². The molecule has 3 N–H and O–H groups in total. The van der Waals surface area contributed by atoms with E-state index in [1.807, 2.05) is 18.2 Å². The highest BCUT2D eigenvalue weighted by molar-refractivity contribution is 9.10. The summed E-state index contributed by atoms with van der Waals surface area (Å²) in [5.41, 5.74) is 1.45. The number of hydrogen-bond acceptors (Lipinski definition) is 3. The molecule has 1 saturated heterocycles. The quantitative estimate of drug-likeness (QED) is 0.554. The zero-order valence-corrected chi connectivity index (χ0v) is 14.5. The fourth-order valence-electron chi connectivity index (χ4n) is 3.20. The molecule has 2 aromatic heterocycles. The molecular weight excluding hydrogens is 360 g/mol. The SMILES string of the molecule is C[NH+]1CC[NH+](Cc2nc3c(oc4ccc(Br)cc43)c(=O)[nH]2)CC1. The number of likely N-dealkylation sites (N-methyl/N-ethyl adjacent to an activating group) is 1. The van der Waals surface area contributed by atoms with Crippen LogP contribution in [-0.2, 0) is 6.54 Å². The minimum atomic E-state index is -0.198. The summed E-state index contributed by atoms with van der Waals surface area (Å²) in [5.74, 6) is 0.736. The molecule has 7 heteroatoms. The summed E-state index contributed by atoms with van der Waals surface area (Å²) in [6.07, 6.45) is 0. The molecule has 0 atom stereocenters. The Morgan fingerprint density at radius 1 is 1.30 bits per heavy atom. The fourth-order valence-corrected chi connectivity index (χ4v) is 3.56. The summed E-state index contributed by atoms with van der Waals surface area (Å²) in [6, 6.07) is 5.70. The normalized spacial score (nSPS) is 22.0. The average molecular weight is 379 g/mol. The second kappa shape index (κ2) is 5.74. The average Bonchev–Trinajstić information content (AvgIpc) is 2.88. The van der Waals surface area contributed by atoms with Gasteiger partial charge >= 0.3 is 0 Å². The van der Waals surface area contributed by atoms with Gasteiger partial charge in [0.25, 0.3) is 5.56 Å². The van der Waals surface area contributed by atoms with E-state index in [4.69, 9.17) is 4.42 Å². The molecule has 1 aliphatic heterocycles. The van der Waals surface area contributed by atoms with Crippen molar-refractivity contribution in [1.82, 2.24) is 9.97 Å². The van der Waals surface area contributed by atoms with E-state index in [0.29, 0.717) is 16.7 Å². The predicted molar refractivity (Wildman–Crippen MR) is 90.9 cm³/mol. The van der Waals surface area contributed by atoms with Gasteiger partial charge in [0.05, 0.1) is 7.05 Å². The maximum atomic E-state index is 12.3. The van der Waals surface area contributed by atoms with Crippen molar-refractivity contribution < 1.29 is 14.2 Å². The van der Waals surface area contributed by atoms with Crippen LogP contribution in [0.2, 0.25) is 0 Å². The molecule has 3 heterocycles. The summed E-state index contributed by atoms with van der Waals surface area (Å²) in [5, 5.41) is 0.875. The third-order valence-corrected chi connectivity index (χ3v) is 5.06. The number of halogens is 1. The van der Waals surface area contributed by atoms with E-state index >= 15 is 0 Å². The molecule has 1 fully saturated rings. The van der Waals surface area contributed by atoms with Gasteiger partial charge in [-0.2, -0.15) is 0 Å². The Balaban J connectivity index is 1.75. The lowest BCUT2D eigenvalue weighted by Gasteiger charge is -2.26. The van der Waals surface area contributed by atoms with E-state index in [2.05, 4.69) is 32.9 Å². The Labute approximate surface area is 141 Å². The molecule has 4 rings (SSSR count). The molecule has 0 aliphatic carbocycles. The molecule has 3 aromatic rings. The molecular formula is C16H19BrN4O2+2. The zero-order valence-electron chi connectivity index (χ0n) is 12.9. The number of hydrogen-bond donors (Lipinski definition) is 3. The number of fused-ring (bicyclic) bond motifs is 3. The highest BCUT2D eigenvalue weighted by Gasteiger charge is 2.22. The number of quaternary nitrogens is 2. The van der Waals surface area contributed by atoms with E-state index in [1.165, 1.54) is 4.90 Å².